The van der Waals surface area contributed by atoms with Crippen molar-refractivity contribution in [1.82, 2.24) is 5.32 Å². The first-order chi connectivity index (χ1) is 10.6. The van der Waals surface area contributed by atoms with Crippen LogP contribution in [-0.2, 0) is 9.53 Å². The fraction of sp³-hybridized carbons (Fsp3) is 0.353. The van der Waals surface area contributed by atoms with Gasteiger partial charge in [-0.3, -0.25) is 4.79 Å². The first kappa shape index (κ1) is 17.3. The SMILES string of the molecule is COC(=O)[C@@H](C)NC(=O)c1cccc(C#CCCCC#N)c1. The van der Waals surface area contributed by atoms with Crippen molar-refractivity contribution in [2.24, 2.45) is 0 Å². The summed E-state index contributed by atoms with van der Waals surface area (Å²) in [4.78, 5) is 23.3. The zero-order chi connectivity index (χ0) is 16.4. The average molecular weight is 298 g/mol. The van der Waals surface area contributed by atoms with E-state index >= 15 is 0 Å². The minimum absolute atomic E-state index is 0.356. The van der Waals surface area contributed by atoms with Gasteiger partial charge in [0.2, 0.25) is 0 Å². The Hall–Kier alpha value is -2.79. The molecule has 0 unspecified atom stereocenters. The maximum absolute atomic E-state index is 12.0. The number of methoxy groups -OCH3 is 1. The lowest BCUT2D eigenvalue weighted by Crippen LogP contribution is -2.39. The number of ether oxygens (including phenoxy) is 1. The third-order valence-corrected chi connectivity index (χ3v) is 2.85. The van der Waals surface area contributed by atoms with E-state index in [0.29, 0.717) is 18.4 Å². The topological polar surface area (TPSA) is 79.2 Å². The molecule has 22 heavy (non-hydrogen) atoms. The van der Waals surface area contributed by atoms with E-state index in [2.05, 4.69) is 28.0 Å². The van der Waals surface area contributed by atoms with Gasteiger partial charge < -0.3 is 10.1 Å². The number of carbonyl (C=O) groups is 2. The number of rotatable bonds is 5. The van der Waals surface area contributed by atoms with Crippen LogP contribution in [0.2, 0.25) is 0 Å². The summed E-state index contributed by atoms with van der Waals surface area (Å²) in [6, 6.07) is 8.21. The van der Waals surface area contributed by atoms with Crippen LogP contribution >= 0.6 is 0 Å². The van der Waals surface area contributed by atoms with Crippen LogP contribution in [0, 0.1) is 23.2 Å². The third kappa shape index (κ3) is 5.68. The molecule has 5 heteroatoms. The molecule has 1 aromatic carbocycles. The van der Waals surface area contributed by atoms with Crippen molar-refractivity contribution in [3.63, 3.8) is 0 Å². The molecule has 5 nitrogen and oxygen atoms in total. The number of esters is 1. The highest BCUT2D eigenvalue weighted by Crippen LogP contribution is 2.05. The highest BCUT2D eigenvalue weighted by Gasteiger charge is 2.16. The maximum atomic E-state index is 12.0. The summed E-state index contributed by atoms with van der Waals surface area (Å²) in [5.41, 5.74) is 1.15. The lowest BCUT2D eigenvalue weighted by atomic mass is 10.1. The Balaban J connectivity index is 2.69. The van der Waals surface area contributed by atoms with Crippen LogP contribution in [0.15, 0.2) is 24.3 Å². The van der Waals surface area contributed by atoms with Crippen LogP contribution < -0.4 is 5.32 Å². The maximum Gasteiger partial charge on any atom is 0.328 e. The second-order valence-corrected chi connectivity index (χ2v) is 4.61. The lowest BCUT2D eigenvalue weighted by Gasteiger charge is -2.11. The van der Waals surface area contributed by atoms with Gasteiger partial charge in [-0.2, -0.15) is 5.26 Å². The normalized spacial score (nSPS) is 10.6. The van der Waals surface area contributed by atoms with E-state index in [9.17, 15) is 9.59 Å². The largest absolute Gasteiger partial charge is 0.467 e. The second kappa shape index (κ2) is 9.20. The van der Waals surface area contributed by atoms with Gasteiger partial charge in [0.1, 0.15) is 6.04 Å². The highest BCUT2D eigenvalue weighted by molar-refractivity contribution is 5.96. The molecule has 0 saturated heterocycles. The molecule has 0 heterocycles. The van der Waals surface area contributed by atoms with Gasteiger partial charge in [-0.15, -0.1) is 0 Å². The quantitative estimate of drug-likeness (QED) is 0.512. The van der Waals surface area contributed by atoms with E-state index in [1.165, 1.54) is 7.11 Å². The Morgan fingerprint density at radius 3 is 2.82 bits per heavy atom. The molecular formula is C17H18N2O3. The van der Waals surface area contributed by atoms with Crippen molar-refractivity contribution in [2.45, 2.75) is 32.2 Å². The van der Waals surface area contributed by atoms with Crippen molar-refractivity contribution in [2.75, 3.05) is 7.11 Å². The van der Waals surface area contributed by atoms with Crippen LogP contribution in [0.25, 0.3) is 0 Å². The molecule has 1 rings (SSSR count). The van der Waals surface area contributed by atoms with Gasteiger partial charge in [-0.25, -0.2) is 4.79 Å². The molecule has 1 atom stereocenters. The third-order valence-electron chi connectivity index (χ3n) is 2.85. The Labute approximate surface area is 130 Å². The first-order valence-corrected chi connectivity index (χ1v) is 6.93. The number of nitrogens with zero attached hydrogens (tertiary/aromatic N) is 1. The molecule has 0 aliphatic heterocycles. The number of amides is 1. The van der Waals surface area contributed by atoms with Crippen LogP contribution in [0.4, 0.5) is 0 Å². The zero-order valence-corrected chi connectivity index (χ0v) is 12.7. The van der Waals surface area contributed by atoms with E-state index in [4.69, 9.17) is 5.26 Å². The van der Waals surface area contributed by atoms with Gasteiger partial charge in [0.05, 0.1) is 13.2 Å². The van der Waals surface area contributed by atoms with Gasteiger partial charge >= 0.3 is 5.97 Å². The summed E-state index contributed by atoms with van der Waals surface area (Å²) in [7, 11) is 1.27. The lowest BCUT2D eigenvalue weighted by molar-refractivity contribution is -0.142. The number of unbranched alkanes of at least 4 members (excludes halogenated alkanes) is 2. The van der Waals surface area contributed by atoms with Crippen molar-refractivity contribution < 1.29 is 14.3 Å². The molecule has 0 saturated carbocycles. The molecule has 0 radical (unpaired) electrons. The number of nitriles is 1. The molecule has 0 aromatic heterocycles. The molecule has 0 spiro atoms. The van der Waals surface area contributed by atoms with Gasteiger partial charge in [0.15, 0.2) is 0 Å². The molecule has 114 valence electrons. The van der Waals surface area contributed by atoms with Crippen molar-refractivity contribution in [3.05, 3.63) is 35.4 Å². The number of nitrogens with one attached hydrogen (secondary N) is 1. The predicted molar refractivity (Wildman–Crippen MR) is 81.7 cm³/mol. The number of benzene rings is 1. The minimum atomic E-state index is -0.710. The molecule has 0 aliphatic rings. The van der Waals surface area contributed by atoms with Crippen molar-refractivity contribution in [3.8, 4) is 17.9 Å². The van der Waals surface area contributed by atoms with Crippen molar-refractivity contribution >= 4 is 11.9 Å². The van der Waals surface area contributed by atoms with Gasteiger partial charge in [0.25, 0.3) is 5.91 Å². The summed E-state index contributed by atoms with van der Waals surface area (Å²) < 4.78 is 4.56. The van der Waals surface area contributed by atoms with Crippen LogP contribution in [-0.4, -0.2) is 25.0 Å². The van der Waals surface area contributed by atoms with Crippen LogP contribution in [0.1, 0.15) is 42.1 Å². The molecule has 1 N–H and O–H groups in total. The fourth-order valence-electron chi connectivity index (χ4n) is 1.67. The Kier molecular flexibility index (Phi) is 7.22. The minimum Gasteiger partial charge on any atom is -0.467 e. The first-order valence-electron chi connectivity index (χ1n) is 6.93. The standard InChI is InChI=1S/C17H18N2O3/c1-13(17(21)22-2)19-16(20)15-10-7-9-14(12-15)8-5-3-4-6-11-18/h7,9-10,12-13H,3-4,6H2,1-2H3,(H,19,20)/t13-/m1/s1. The molecule has 0 aliphatic carbocycles. The Morgan fingerprint density at radius 2 is 2.14 bits per heavy atom. The van der Waals surface area contributed by atoms with Crippen LogP contribution in [0.3, 0.4) is 0 Å². The van der Waals surface area contributed by atoms with E-state index < -0.39 is 12.0 Å². The fourth-order valence-corrected chi connectivity index (χ4v) is 1.67. The van der Waals surface area contributed by atoms with E-state index in [1.54, 1.807) is 31.2 Å². The molecule has 1 amide bonds. The average Bonchev–Trinajstić information content (AvgIpc) is 2.54. The van der Waals surface area contributed by atoms with E-state index in [0.717, 1.165) is 12.0 Å². The number of carbonyl (C=O) groups excluding carboxylic acids is 2. The van der Waals surface area contributed by atoms with Gasteiger partial charge in [-0.05, 0) is 31.5 Å². The molecule has 1 aromatic rings. The predicted octanol–water partition coefficient (Wildman–Crippen LogP) is 2.02. The second-order valence-electron chi connectivity index (χ2n) is 4.61. The molecule has 0 fully saturated rings. The highest BCUT2D eigenvalue weighted by atomic mass is 16.5. The summed E-state index contributed by atoms with van der Waals surface area (Å²) in [5, 5.41) is 11.0. The zero-order valence-electron chi connectivity index (χ0n) is 12.7. The molecule has 0 bridgehead atoms. The summed E-state index contributed by atoms with van der Waals surface area (Å²) in [6.07, 6.45) is 1.87. The van der Waals surface area contributed by atoms with E-state index in [-0.39, 0.29) is 5.91 Å². The van der Waals surface area contributed by atoms with E-state index in [1.807, 2.05) is 0 Å². The molecular weight excluding hydrogens is 280 g/mol. The Morgan fingerprint density at radius 1 is 1.36 bits per heavy atom. The monoisotopic (exact) mass is 298 g/mol. The smallest absolute Gasteiger partial charge is 0.328 e. The number of hydrogen-bond donors (Lipinski definition) is 1. The summed E-state index contributed by atoms with van der Waals surface area (Å²) in [5.74, 6) is 5.07. The van der Waals surface area contributed by atoms with Crippen molar-refractivity contribution in [1.29, 1.82) is 5.26 Å². The van der Waals surface area contributed by atoms with Gasteiger partial charge in [0, 0.05) is 24.0 Å². The number of hydrogen-bond acceptors (Lipinski definition) is 4. The van der Waals surface area contributed by atoms with Crippen LogP contribution in [0.5, 0.6) is 0 Å². The Bertz CT molecular complexity index is 635. The summed E-state index contributed by atoms with van der Waals surface area (Å²) in [6.45, 7) is 1.56. The van der Waals surface area contributed by atoms with Gasteiger partial charge in [-0.1, -0.05) is 17.9 Å². The summed E-state index contributed by atoms with van der Waals surface area (Å²) >= 11 is 0.